The average Bonchev–Trinajstić information content (AvgIpc) is 2.47. The Morgan fingerprint density at radius 2 is 1.91 bits per heavy atom. The Hall–Kier alpha value is -2.50. The summed E-state index contributed by atoms with van der Waals surface area (Å²) in [5, 5.41) is 0. The SMILES string of the molecule is Cc1cc(/C=C/C(=O)c2ccc(C(F)(F)F)nc2)ccc1F. The number of hydrogen-bond donors (Lipinski definition) is 0. The number of allylic oxidation sites excluding steroid dienone is 1. The van der Waals surface area contributed by atoms with Gasteiger partial charge in [-0.25, -0.2) is 4.39 Å². The predicted octanol–water partition coefficient (Wildman–Crippen LogP) is 4.44. The van der Waals surface area contributed by atoms with E-state index in [1.807, 2.05) is 0 Å². The lowest BCUT2D eigenvalue weighted by Crippen LogP contribution is -2.08. The van der Waals surface area contributed by atoms with Crippen LogP contribution in [0.3, 0.4) is 0 Å². The Labute approximate surface area is 124 Å². The van der Waals surface area contributed by atoms with Gasteiger partial charge in [0.05, 0.1) is 0 Å². The average molecular weight is 309 g/mol. The number of benzene rings is 1. The minimum Gasteiger partial charge on any atom is -0.289 e. The maximum atomic E-state index is 13.1. The fourth-order valence-electron chi connectivity index (χ4n) is 1.75. The first-order valence-electron chi connectivity index (χ1n) is 6.29. The zero-order valence-corrected chi connectivity index (χ0v) is 11.5. The van der Waals surface area contributed by atoms with Crippen molar-refractivity contribution in [2.45, 2.75) is 13.1 Å². The van der Waals surface area contributed by atoms with Gasteiger partial charge in [-0.2, -0.15) is 13.2 Å². The summed E-state index contributed by atoms with van der Waals surface area (Å²) in [5.74, 6) is -0.835. The molecule has 0 aliphatic carbocycles. The number of aryl methyl sites for hydroxylation is 1. The number of nitrogens with zero attached hydrogens (tertiary/aromatic N) is 1. The highest BCUT2D eigenvalue weighted by molar-refractivity contribution is 6.06. The van der Waals surface area contributed by atoms with E-state index in [1.165, 1.54) is 24.3 Å². The van der Waals surface area contributed by atoms with Crippen LogP contribution in [0.15, 0.2) is 42.6 Å². The highest BCUT2D eigenvalue weighted by Crippen LogP contribution is 2.27. The van der Waals surface area contributed by atoms with Crippen molar-refractivity contribution in [1.29, 1.82) is 0 Å². The largest absolute Gasteiger partial charge is 0.433 e. The van der Waals surface area contributed by atoms with Crippen LogP contribution >= 0.6 is 0 Å². The third-order valence-electron chi connectivity index (χ3n) is 2.95. The number of alkyl halides is 3. The fourth-order valence-corrected chi connectivity index (χ4v) is 1.75. The summed E-state index contributed by atoms with van der Waals surface area (Å²) >= 11 is 0. The van der Waals surface area contributed by atoms with E-state index in [2.05, 4.69) is 4.98 Å². The van der Waals surface area contributed by atoms with Gasteiger partial charge in [-0.1, -0.05) is 12.1 Å². The highest BCUT2D eigenvalue weighted by Gasteiger charge is 2.32. The number of carbonyl (C=O) groups excluding carboxylic acids is 1. The van der Waals surface area contributed by atoms with Gasteiger partial charge in [0.2, 0.25) is 0 Å². The lowest BCUT2D eigenvalue weighted by atomic mass is 10.1. The van der Waals surface area contributed by atoms with Crippen molar-refractivity contribution >= 4 is 11.9 Å². The lowest BCUT2D eigenvalue weighted by Gasteiger charge is -2.05. The Morgan fingerprint density at radius 3 is 2.45 bits per heavy atom. The molecule has 6 heteroatoms. The molecule has 1 aromatic carbocycles. The zero-order chi connectivity index (χ0) is 16.3. The summed E-state index contributed by atoms with van der Waals surface area (Å²) in [5.41, 5.74) is 0.0446. The van der Waals surface area contributed by atoms with E-state index >= 15 is 0 Å². The second-order valence-electron chi connectivity index (χ2n) is 4.64. The summed E-state index contributed by atoms with van der Waals surface area (Å²) in [6.07, 6.45) is -0.988. The summed E-state index contributed by atoms with van der Waals surface area (Å²) in [6.45, 7) is 1.59. The highest BCUT2D eigenvalue weighted by atomic mass is 19.4. The summed E-state index contributed by atoms with van der Waals surface area (Å²) < 4.78 is 50.2. The molecule has 2 aromatic rings. The first-order chi connectivity index (χ1) is 10.3. The Kier molecular flexibility index (Phi) is 4.40. The third-order valence-corrected chi connectivity index (χ3v) is 2.95. The molecule has 0 unspecified atom stereocenters. The molecule has 2 nitrogen and oxygen atoms in total. The van der Waals surface area contributed by atoms with Gasteiger partial charge in [-0.15, -0.1) is 0 Å². The molecule has 22 heavy (non-hydrogen) atoms. The molecular formula is C16H11F4NO. The van der Waals surface area contributed by atoms with E-state index in [0.717, 1.165) is 18.3 Å². The number of carbonyl (C=O) groups is 1. The molecular weight excluding hydrogens is 298 g/mol. The van der Waals surface area contributed by atoms with E-state index in [9.17, 15) is 22.4 Å². The molecule has 0 spiro atoms. The Morgan fingerprint density at radius 1 is 1.18 bits per heavy atom. The monoisotopic (exact) mass is 309 g/mol. The maximum Gasteiger partial charge on any atom is 0.433 e. The molecule has 0 saturated carbocycles. The number of rotatable bonds is 3. The zero-order valence-electron chi connectivity index (χ0n) is 11.5. The smallest absolute Gasteiger partial charge is 0.289 e. The lowest BCUT2D eigenvalue weighted by molar-refractivity contribution is -0.141. The van der Waals surface area contributed by atoms with Gasteiger partial charge in [0, 0.05) is 11.8 Å². The van der Waals surface area contributed by atoms with Gasteiger partial charge in [-0.05, 0) is 48.4 Å². The van der Waals surface area contributed by atoms with Crippen molar-refractivity contribution in [3.05, 3.63) is 70.8 Å². The van der Waals surface area contributed by atoms with Crippen molar-refractivity contribution in [1.82, 2.24) is 4.98 Å². The fraction of sp³-hybridized carbons (Fsp3) is 0.125. The molecule has 0 N–H and O–H groups in total. The van der Waals surface area contributed by atoms with Crippen LogP contribution in [0.1, 0.15) is 27.2 Å². The molecule has 0 fully saturated rings. The molecule has 2 rings (SSSR count). The van der Waals surface area contributed by atoms with Crippen LogP contribution in [0.4, 0.5) is 17.6 Å². The molecule has 0 radical (unpaired) electrons. The number of hydrogen-bond acceptors (Lipinski definition) is 2. The summed E-state index contributed by atoms with van der Waals surface area (Å²) in [4.78, 5) is 15.1. The standard InChI is InChI=1S/C16H11F4NO/c1-10-8-11(2-5-13(10)17)3-6-14(22)12-4-7-15(21-9-12)16(18,19)20/h2-9H,1H3/b6-3+. The molecule has 0 bridgehead atoms. The van der Waals surface area contributed by atoms with Crippen molar-refractivity contribution in [3.63, 3.8) is 0 Å². The van der Waals surface area contributed by atoms with Gasteiger partial charge in [0.1, 0.15) is 11.5 Å². The van der Waals surface area contributed by atoms with Crippen LogP contribution in [0.5, 0.6) is 0 Å². The summed E-state index contributed by atoms with van der Waals surface area (Å²) in [6, 6.07) is 6.15. The van der Waals surface area contributed by atoms with Crippen LogP contribution in [0.2, 0.25) is 0 Å². The first-order valence-corrected chi connectivity index (χ1v) is 6.29. The van der Waals surface area contributed by atoms with Crippen LogP contribution in [-0.2, 0) is 6.18 Å². The van der Waals surface area contributed by atoms with E-state index in [-0.39, 0.29) is 11.4 Å². The van der Waals surface area contributed by atoms with Crippen LogP contribution in [0, 0.1) is 12.7 Å². The van der Waals surface area contributed by atoms with Crippen LogP contribution < -0.4 is 0 Å². The number of ketones is 1. The van der Waals surface area contributed by atoms with Gasteiger partial charge in [0.15, 0.2) is 5.78 Å². The number of halogens is 4. The molecule has 0 saturated heterocycles. The van der Waals surface area contributed by atoms with Crippen molar-refractivity contribution in [3.8, 4) is 0 Å². The van der Waals surface area contributed by atoms with Gasteiger partial charge < -0.3 is 0 Å². The van der Waals surface area contributed by atoms with Crippen molar-refractivity contribution in [2.24, 2.45) is 0 Å². The van der Waals surface area contributed by atoms with Crippen molar-refractivity contribution < 1.29 is 22.4 Å². The summed E-state index contributed by atoms with van der Waals surface area (Å²) in [7, 11) is 0. The molecule has 0 aliphatic rings. The van der Waals surface area contributed by atoms with Crippen LogP contribution in [-0.4, -0.2) is 10.8 Å². The Balaban J connectivity index is 2.14. The minimum absolute atomic E-state index is 0.0445. The van der Waals surface area contributed by atoms with E-state index in [1.54, 1.807) is 13.0 Å². The second kappa shape index (κ2) is 6.09. The normalized spacial score (nSPS) is 11.9. The molecule has 0 aliphatic heterocycles. The number of aromatic nitrogens is 1. The van der Waals surface area contributed by atoms with Crippen LogP contribution in [0.25, 0.3) is 6.08 Å². The molecule has 1 aromatic heterocycles. The second-order valence-corrected chi connectivity index (χ2v) is 4.64. The third kappa shape index (κ3) is 3.78. The topological polar surface area (TPSA) is 30.0 Å². The first kappa shape index (κ1) is 15.9. The van der Waals surface area contributed by atoms with Gasteiger partial charge in [-0.3, -0.25) is 9.78 Å². The van der Waals surface area contributed by atoms with E-state index in [4.69, 9.17) is 0 Å². The maximum absolute atomic E-state index is 13.1. The minimum atomic E-state index is -4.54. The molecule has 0 atom stereocenters. The van der Waals surface area contributed by atoms with Crippen molar-refractivity contribution in [2.75, 3.05) is 0 Å². The Bertz CT molecular complexity index is 718. The predicted molar refractivity (Wildman–Crippen MR) is 73.7 cm³/mol. The number of pyridine rings is 1. The molecule has 1 heterocycles. The van der Waals surface area contributed by atoms with E-state index in [0.29, 0.717) is 11.1 Å². The molecule has 114 valence electrons. The van der Waals surface area contributed by atoms with E-state index < -0.39 is 17.7 Å². The quantitative estimate of drug-likeness (QED) is 0.476. The van der Waals surface area contributed by atoms with Gasteiger partial charge in [0.25, 0.3) is 0 Å². The molecule has 0 amide bonds. The van der Waals surface area contributed by atoms with Gasteiger partial charge >= 0.3 is 6.18 Å².